The Bertz CT molecular complexity index is 812. The fourth-order valence-corrected chi connectivity index (χ4v) is 3.95. The van der Waals surface area contributed by atoms with Crippen LogP contribution in [0.2, 0.25) is 0 Å². The summed E-state index contributed by atoms with van der Waals surface area (Å²) < 4.78 is 12.4. The Morgan fingerprint density at radius 2 is 1.90 bits per heavy atom. The van der Waals surface area contributed by atoms with Crippen molar-refractivity contribution in [2.75, 3.05) is 26.8 Å². The minimum atomic E-state index is -0.595. The van der Waals surface area contributed by atoms with E-state index in [1.807, 2.05) is 36.1 Å². The standard InChI is InChI=1S/C22H30N4O4/c1-3-30-21(28)22(15-18-6-8-19(29-2)9-7-18)10-13-25(14-11-22)20(27)5-4-12-26-17-23-16-24-26/h6-9,16-17H,3-5,10-15H2,1-2H3. The van der Waals surface area contributed by atoms with Crippen LogP contribution < -0.4 is 4.74 Å². The highest BCUT2D eigenvalue weighted by atomic mass is 16.5. The van der Waals surface area contributed by atoms with Gasteiger partial charge in [-0.05, 0) is 50.3 Å². The van der Waals surface area contributed by atoms with E-state index in [0.717, 1.165) is 11.3 Å². The normalized spacial score (nSPS) is 15.6. The molecular formula is C22H30N4O4. The van der Waals surface area contributed by atoms with Crippen LogP contribution in [-0.2, 0) is 27.3 Å². The Morgan fingerprint density at radius 1 is 1.17 bits per heavy atom. The minimum Gasteiger partial charge on any atom is -0.497 e. The maximum absolute atomic E-state index is 12.9. The average Bonchev–Trinajstić information content (AvgIpc) is 3.28. The highest BCUT2D eigenvalue weighted by molar-refractivity contribution is 5.79. The highest BCUT2D eigenvalue weighted by Gasteiger charge is 2.43. The lowest BCUT2D eigenvalue weighted by Gasteiger charge is -2.40. The Labute approximate surface area is 177 Å². The number of rotatable bonds is 9. The minimum absolute atomic E-state index is 0.122. The molecule has 0 N–H and O–H groups in total. The summed E-state index contributed by atoms with van der Waals surface area (Å²) in [5.41, 5.74) is 0.471. The summed E-state index contributed by atoms with van der Waals surface area (Å²) in [5, 5.41) is 4.05. The van der Waals surface area contributed by atoms with E-state index in [-0.39, 0.29) is 11.9 Å². The third kappa shape index (κ3) is 5.37. The molecule has 1 fully saturated rings. The molecule has 0 atom stereocenters. The van der Waals surface area contributed by atoms with Gasteiger partial charge in [-0.1, -0.05) is 12.1 Å². The molecule has 0 radical (unpaired) electrons. The van der Waals surface area contributed by atoms with Gasteiger partial charge in [0.2, 0.25) is 5.91 Å². The molecule has 1 aromatic carbocycles. The zero-order valence-corrected chi connectivity index (χ0v) is 17.7. The quantitative estimate of drug-likeness (QED) is 0.586. The van der Waals surface area contributed by atoms with Crippen LogP contribution in [0, 0.1) is 5.41 Å². The predicted octanol–water partition coefficient (Wildman–Crippen LogP) is 2.48. The number of esters is 1. The number of hydrogen-bond donors (Lipinski definition) is 0. The topological polar surface area (TPSA) is 86.5 Å². The number of likely N-dealkylation sites (tertiary alicyclic amines) is 1. The molecule has 0 unspecified atom stereocenters. The first-order valence-corrected chi connectivity index (χ1v) is 10.5. The molecule has 1 saturated heterocycles. The van der Waals surface area contributed by atoms with Gasteiger partial charge in [0.1, 0.15) is 18.4 Å². The Balaban J connectivity index is 1.59. The number of carbonyl (C=O) groups is 2. The molecule has 0 saturated carbocycles. The van der Waals surface area contributed by atoms with Crippen LogP contribution >= 0.6 is 0 Å². The molecule has 2 heterocycles. The van der Waals surface area contributed by atoms with Gasteiger partial charge in [0.15, 0.2) is 0 Å². The largest absolute Gasteiger partial charge is 0.497 e. The van der Waals surface area contributed by atoms with Crippen LogP contribution in [0.15, 0.2) is 36.9 Å². The van der Waals surface area contributed by atoms with Crippen LogP contribution in [0.3, 0.4) is 0 Å². The first-order chi connectivity index (χ1) is 14.6. The highest BCUT2D eigenvalue weighted by Crippen LogP contribution is 2.37. The summed E-state index contributed by atoms with van der Waals surface area (Å²) in [6.07, 6.45) is 6.13. The molecular weight excluding hydrogens is 384 g/mol. The molecule has 0 bridgehead atoms. The van der Waals surface area contributed by atoms with Crippen molar-refractivity contribution in [2.24, 2.45) is 5.41 Å². The van der Waals surface area contributed by atoms with Gasteiger partial charge in [-0.25, -0.2) is 4.98 Å². The van der Waals surface area contributed by atoms with Crippen molar-refractivity contribution in [2.45, 2.75) is 45.6 Å². The molecule has 2 aromatic rings. The molecule has 0 spiro atoms. The van der Waals surface area contributed by atoms with Crippen LogP contribution in [-0.4, -0.2) is 58.3 Å². The maximum atomic E-state index is 12.9. The Kier molecular flexibility index (Phi) is 7.43. The van der Waals surface area contributed by atoms with Gasteiger partial charge in [0.05, 0.1) is 19.1 Å². The van der Waals surface area contributed by atoms with E-state index in [0.29, 0.717) is 58.3 Å². The summed E-state index contributed by atoms with van der Waals surface area (Å²) in [5.74, 6) is 0.742. The number of ether oxygens (including phenoxy) is 2. The first kappa shape index (κ1) is 21.8. The smallest absolute Gasteiger partial charge is 0.312 e. The lowest BCUT2D eigenvalue weighted by atomic mass is 9.73. The molecule has 1 aliphatic heterocycles. The van der Waals surface area contributed by atoms with E-state index in [2.05, 4.69) is 10.1 Å². The number of aryl methyl sites for hydroxylation is 1. The molecule has 1 aliphatic rings. The van der Waals surface area contributed by atoms with E-state index in [1.54, 1.807) is 18.1 Å². The number of benzene rings is 1. The van der Waals surface area contributed by atoms with Crippen molar-refractivity contribution in [3.8, 4) is 5.75 Å². The van der Waals surface area contributed by atoms with E-state index in [9.17, 15) is 9.59 Å². The fourth-order valence-electron chi connectivity index (χ4n) is 3.95. The second-order valence-corrected chi connectivity index (χ2v) is 7.67. The molecule has 30 heavy (non-hydrogen) atoms. The van der Waals surface area contributed by atoms with Crippen LogP contribution in [0.4, 0.5) is 0 Å². The molecule has 8 nitrogen and oxygen atoms in total. The number of nitrogens with zero attached hydrogens (tertiary/aromatic N) is 4. The van der Waals surface area contributed by atoms with Crippen LogP contribution in [0.5, 0.6) is 5.75 Å². The van der Waals surface area contributed by atoms with Gasteiger partial charge in [0.25, 0.3) is 0 Å². The number of carbonyl (C=O) groups excluding carboxylic acids is 2. The van der Waals surface area contributed by atoms with Crippen molar-refractivity contribution in [3.05, 3.63) is 42.5 Å². The van der Waals surface area contributed by atoms with E-state index >= 15 is 0 Å². The summed E-state index contributed by atoms with van der Waals surface area (Å²) in [6.45, 7) is 3.99. The second-order valence-electron chi connectivity index (χ2n) is 7.67. The van der Waals surface area contributed by atoms with Gasteiger partial charge >= 0.3 is 5.97 Å². The zero-order chi connectivity index (χ0) is 21.4. The van der Waals surface area contributed by atoms with E-state index in [4.69, 9.17) is 9.47 Å². The molecule has 1 amide bonds. The third-order valence-corrected chi connectivity index (χ3v) is 5.73. The van der Waals surface area contributed by atoms with Crippen LogP contribution in [0.1, 0.15) is 38.2 Å². The first-order valence-electron chi connectivity index (χ1n) is 10.5. The van der Waals surface area contributed by atoms with Crippen molar-refractivity contribution >= 4 is 11.9 Å². The van der Waals surface area contributed by atoms with Crippen molar-refractivity contribution in [1.29, 1.82) is 0 Å². The van der Waals surface area contributed by atoms with E-state index < -0.39 is 5.41 Å². The number of hydrogen-bond acceptors (Lipinski definition) is 6. The van der Waals surface area contributed by atoms with Gasteiger partial charge in [-0.15, -0.1) is 0 Å². The second kappa shape index (κ2) is 10.2. The third-order valence-electron chi connectivity index (χ3n) is 5.73. The fraction of sp³-hybridized carbons (Fsp3) is 0.545. The lowest BCUT2D eigenvalue weighted by Crippen LogP contribution is -2.48. The summed E-state index contributed by atoms with van der Waals surface area (Å²) in [7, 11) is 1.63. The summed E-state index contributed by atoms with van der Waals surface area (Å²) in [6, 6.07) is 7.78. The van der Waals surface area contributed by atoms with Gasteiger partial charge < -0.3 is 14.4 Å². The van der Waals surface area contributed by atoms with Crippen LogP contribution in [0.25, 0.3) is 0 Å². The monoisotopic (exact) mass is 414 g/mol. The average molecular weight is 415 g/mol. The molecule has 162 valence electrons. The van der Waals surface area contributed by atoms with Crippen molar-refractivity contribution < 1.29 is 19.1 Å². The maximum Gasteiger partial charge on any atom is 0.312 e. The summed E-state index contributed by atoms with van der Waals surface area (Å²) >= 11 is 0. The number of amides is 1. The van der Waals surface area contributed by atoms with E-state index in [1.165, 1.54) is 6.33 Å². The summed E-state index contributed by atoms with van der Waals surface area (Å²) in [4.78, 5) is 31.2. The SMILES string of the molecule is CCOC(=O)C1(Cc2ccc(OC)cc2)CCN(C(=O)CCCn2cncn2)CC1. The number of aromatic nitrogens is 3. The molecule has 1 aromatic heterocycles. The van der Waals surface area contributed by atoms with Gasteiger partial charge in [-0.3, -0.25) is 14.3 Å². The Hall–Kier alpha value is -2.90. The molecule has 8 heteroatoms. The van der Waals surface area contributed by atoms with Crippen molar-refractivity contribution in [1.82, 2.24) is 19.7 Å². The molecule has 3 rings (SSSR count). The van der Waals surface area contributed by atoms with Gasteiger partial charge in [-0.2, -0.15) is 5.10 Å². The predicted molar refractivity (Wildman–Crippen MR) is 111 cm³/mol. The number of methoxy groups -OCH3 is 1. The van der Waals surface area contributed by atoms with Crippen molar-refractivity contribution in [3.63, 3.8) is 0 Å². The molecule has 0 aliphatic carbocycles. The Morgan fingerprint density at radius 3 is 2.50 bits per heavy atom. The zero-order valence-electron chi connectivity index (χ0n) is 17.7. The number of piperidine rings is 1. The van der Waals surface area contributed by atoms with Gasteiger partial charge in [0, 0.05) is 26.1 Å². The lowest BCUT2D eigenvalue weighted by molar-refractivity contribution is -0.160.